The molecule has 1 fully saturated rings. The topological polar surface area (TPSA) is 23.6 Å². The van der Waals surface area contributed by atoms with Gasteiger partial charge in [0.15, 0.2) is 0 Å². The van der Waals surface area contributed by atoms with Crippen LogP contribution < -0.4 is 0 Å². The fourth-order valence-electron chi connectivity index (χ4n) is 2.04. The fraction of sp³-hybridized carbons (Fsp3) is 0.917. The lowest BCUT2D eigenvalue weighted by Crippen LogP contribution is -2.40. The molecule has 1 unspecified atom stereocenters. The average Bonchev–Trinajstić information content (AvgIpc) is 2.63. The zero-order valence-corrected chi connectivity index (χ0v) is 11.1. The highest BCUT2D eigenvalue weighted by Gasteiger charge is 2.40. The van der Waals surface area contributed by atoms with Crippen molar-refractivity contribution < 1.29 is 4.79 Å². The van der Waals surface area contributed by atoms with Gasteiger partial charge in [-0.05, 0) is 26.4 Å². The minimum absolute atomic E-state index is 0.139. The Hall–Kier alpha value is -0.570. The second-order valence-corrected chi connectivity index (χ2v) is 4.38. The monoisotopic (exact) mass is 214 g/mol. The SMILES string of the molecule is CC.CCN1CCC(C)(C(=O)N(C)C)C1. The highest BCUT2D eigenvalue weighted by atomic mass is 16.2. The molecular weight excluding hydrogens is 188 g/mol. The maximum absolute atomic E-state index is 11.8. The lowest BCUT2D eigenvalue weighted by Gasteiger charge is -2.26. The van der Waals surface area contributed by atoms with Gasteiger partial charge >= 0.3 is 0 Å². The van der Waals surface area contributed by atoms with Gasteiger partial charge in [-0.3, -0.25) is 4.79 Å². The second-order valence-electron chi connectivity index (χ2n) is 4.38. The normalized spacial score (nSPS) is 25.7. The van der Waals surface area contributed by atoms with Crippen molar-refractivity contribution in [3.63, 3.8) is 0 Å². The number of likely N-dealkylation sites (tertiary alicyclic amines) is 1. The third-order valence-corrected chi connectivity index (χ3v) is 2.92. The van der Waals surface area contributed by atoms with E-state index in [9.17, 15) is 4.79 Å². The van der Waals surface area contributed by atoms with Gasteiger partial charge in [0.1, 0.15) is 0 Å². The maximum atomic E-state index is 11.8. The summed E-state index contributed by atoms with van der Waals surface area (Å²) in [5.41, 5.74) is -0.139. The zero-order valence-electron chi connectivity index (χ0n) is 11.1. The van der Waals surface area contributed by atoms with Crippen molar-refractivity contribution in [3.05, 3.63) is 0 Å². The summed E-state index contributed by atoms with van der Waals surface area (Å²) in [7, 11) is 3.67. The van der Waals surface area contributed by atoms with Crippen LogP contribution in [0.5, 0.6) is 0 Å². The lowest BCUT2D eigenvalue weighted by atomic mass is 9.88. The molecule has 90 valence electrons. The first kappa shape index (κ1) is 14.4. The molecule has 1 aliphatic heterocycles. The van der Waals surface area contributed by atoms with E-state index in [0.717, 1.165) is 26.1 Å². The lowest BCUT2D eigenvalue weighted by molar-refractivity contribution is -0.137. The van der Waals surface area contributed by atoms with Crippen LogP contribution in [0.25, 0.3) is 0 Å². The van der Waals surface area contributed by atoms with Gasteiger partial charge in [-0.1, -0.05) is 20.8 Å². The molecule has 0 spiro atoms. The van der Waals surface area contributed by atoms with E-state index in [0.29, 0.717) is 0 Å². The van der Waals surface area contributed by atoms with Crippen LogP contribution in [0.2, 0.25) is 0 Å². The first-order valence-corrected chi connectivity index (χ1v) is 5.94. The van der Waals surface area contributed by atoms with Gasteiger partial charge in [-0.15, -0.1) is 0 Å². The molecule has 0 radical (unpaired) electrons. The molecule has 0 aliphatic carbocycles. The first-order valence-electron chi connectivity index (χ1n) is 5.94. The van der Waals surface area contributed by atoms with Crippen LogP contribution in [0.3, 0.4) is 0 Å². The highest BCUT2D eigenvalue weighted by Crippen LogP contribution is 2.31. The van der Waals surface area contributed by atoms with Crippen LogP contribution in [-0.4, -0.2) is 49.4 Å². The van der Waals surface area contributed by atoms with E-state index in [1.807, 2.05) is 27.9 Å². The van der Waals surface area contributed by atoms with Crippen LogP contribution in [0.4, 0.5) is 0 Å². The molecule has 0 aromatic heterocycles. The van der Waals surface area contributed by atoms with Crippen LogP contribution in [0.15, 0.2) is 0 Å². The smallest absolute Gasteiger partial charge is 0.229 e. The third-order valence-electron chi connectivity index (χ3n) is 2.92. The molecule has 0 saturated carbocycles. The largest absolute Gasteiger partial charge is 0.348 e. The standard InChI is InChI=1S/C10H20N2O.C2H6/c1-5-12-7-6-10(2,8-12)9(13)11(3)4;1-2/h5-8H2,1-4H3;1-2H3. The van der Waals surface area contributed by atoms with E-state index in [-0.39, 0.29) is 11.3 Å². The van der Waals surface area contributed by atoms with Crippen molar-refractivity contribution in [2.45, 2.75) is 34.1 Å². The van der Waals surface area contributed by atoms with E-state index in [1.54, 1.807) is 4.90 Å². The van der Waals surface area contributed by atoms with E-state index in [1.165, 1.54) is 0 Å². The Morgan fingerprint density at radius 3 is 2.27 bits per heavy atom. The number of amides is 1. The summed E-state index contributed by atoms with van der Waals surface area (Å²) < 4.78 is 0. The number of hydrogen-bond donors (Lipinski definition) is 0. The van der Waals surface area contributed by atoms with E-state index >= 15 is 0 Å². The van der Waals surface area contributed by atoms with Crippen molar-refractivity contribution in [2.75, 3.05) is 33.7 Å². The molecule has 1 heterocycles. The Labute approximate surface area is 94.4 Å². The molecule has 0 aromatic rings. The van der Waals surface area contributed by atoms with Gasteiger partial charge in [0.25, 0.3) is 0 Å². The Kier molecular flexibility index (Phi) is 5.88. The Morgan fingerprint density at radius 2 is 1.93 bits per heavy atom. The Balaban J connectivity index is 0.000000921. The molecule has 0 aromatic carbocycles. The number of carbonyl (C=O) groups is 1. The van der Waals surface area contributed by atoms with Crippen molar-refractivity contribution in [3.8, 4) is 0 Å². The first-order chi connectivity index (χ1) is 6.99. The van der Waals surface area contributed by atoms with Gasteiger partial charge in [-0.2, -0.15) is 0 Å². The Morgan fingerprint density at radius 1 is 1.40 bits per heavy atom. The van der Waals surface area contributed by atoms with Gasteiger partial charge in [-0.25, -0.2) is 0 Å². The van der Waals surface area contributed by atoms with Gasteiger partial charge in [0, 0.05) is 20.6 Å². The van der Waals surface area contributed by atoms with Gasteiger partial charge < -0.3 is 9.80 Å². The van der Waals surface area contributed by atoms with Gasteiger partial charge in [0.2, 0.25) is 5.91 Å². The highest BCUT2D eigenvalue weighted by molar-refractivity contribution is 5.82. The summed E-state index contributed by atoms with van der Waals surface area (Å²) in [5, 5.41) is 0. The molecule has 3 heteroatoms. The molecule has 1 rings (SSSR count). The van der Waals surface area contributed by atoms with Crippen molar-refractivity contribution in [1.82, 2.24) is 9.80 Å². The van der Waals surface area contributed by atoms with Crippen molar-refractivity contribution >= 4 is 5.91 Å². The molecule has 0 bridgehead atoms. The van der Waals surface area contributed by atoms with Crippen LogP contribution in [0.1, 0.15) is 34.1 Å². The molecule has 15 heavy (non-hydrogen) atoms. The summed E-state index contributed by atoms with van der Waals surface area (Å²) in [4.78, 5) is 15.9. The second kappa shape index (κ2) is 6.11. The maximum Gasteiger partial charge on any atom is 0.229 e. The third kappa shape index (κ3) is 3.49. The van der Waals surface area contributed by atoms with Crippen LogP contribution in [0, 0.1) is 5.41 Å². The zero-order chi connectivity index (χ0) is 12.1. The van der Waals surface area contributed by atoms with Crippen molar-refractivity contribution in [2.24, 2.45) is 5.41 Å². The quantitative estimate of drug-likeness (QED) is 0.700. The molecule has 3 nitrogen and oxygen atoms in total. The summed E-state index contributed by atoms with van der Waals surface area (Å²) in [6, 6.07) is 0. The van der Waals surface area contributed by atoms with Crippen molar-refractivity contribution in [1.29, 1.82) is 0 Å². The molecule has 1 saturated heterocycles. The number of carbonyl (C=O) groups excluding carboxylic acids is 1. The molecule has 0 N–H and O–H groups in total. The molecule has 1 amide bonds. The predicted molar refractivity (Wildman–Crippen MR) is 64.9 cm³/mol. The Bertz CT molecular complexity index is 204. The van der Waals surface area contributed by atoms with Gasteiger partial charge in [0.05, 0.1) is 5.41 Å². The number of rotatable bonds is 2. The van der Waals surface area contributed by atoms with Crippen LogP contribution >= 0.6 is 0 Å². The summed E-state index contributed by atoms with van der Waals surface area (Å²) in [5.74, 6) is 0.267. The molecule has 1 atom stereocenters. The fourth-order valence-corrected chi connectivity index (χ4v) is 2.04. The summed E-state index contributed by atoms with van der Waals surface area (Å²) >= 11 is 0. The average molecular weight is 214 g/mol. The molecule has 1 aliphatic rings. The van der Waals surface area contributed by atoms with E-state index in [4.69, 9.17) is 0 Å². The predicted octanol–water partition coefficient (Wildman–Crippen LogP) is 1.83. The number of nitrogens with zero attached hydrogens (tertiary/aromatic N) is 2. The summed E-state index contributed by atoms with van der Waals surface area (Å²) in [6.45, 7) is 11.3. The molecular formula is C12H26N2O. The minimum atomic E-state index is -0.139. The number of hydrogen-bond acceptors (Lipinski definition) is 2. The van der Waals surface area contributed by atoms with E-state index < -0.39 is 0 Å². The van der Waals surface area contributed by atoms with Crippen LogP contribution in [-0.2, 0) is 4.79 Å². The summed E-state index contributed by atoms with van der Waals surface area (Å²) in [6.07, 6.45) is 0.998. The van der Waals surface area contributed by atoms with E-state index in [2.05, 4.69) is 18.7 Å². The minimum Gasteiger partial charge on any atom is -0.348 e.